The predicted octanol–water partition coefficient (Wildman–Crippen LogP) is 3.81. The fraction of sp³-hybridized carbons (Fsp3) is 0. The summed E-state index contributed by atoms with van der Waals surface area (Å²) in [6, 6.07) is 7.62. The summed E-state index contributed by atoms with van der Waals surface area (Å²) in [6.07, 6.45) is 5.36. The number of fused-ring (bicyclic) bond motifs is 1. The summed E-state index contributed by atoms with van der Waals surface area (Å²) in [5.41, 5.74) is 1.93. The molecule has 84 valence electrons. The minimum absolute atomic E-state index is 0.674. The van der Waals surface area contributed by atoms with Gasteiger partial charge in [0.25, 0.3) is 0 Å². The molecular weight excluding hydrogens is 302 g/mol. The summed E-state index contributed by atoms with van der Waals surface area (Å²) >= 11 is 9.45. The van der Waals surface area contributed by atoms with E-state index >= 15 is 0 Å². The highest BCUT2D eigenvalue weighted by Gasteiger charge is 2.10. The van der Waals surface area contributed by atoms with Crippen LogP contribution in [0.5, 0.6) is 0 Å². The van der Waals surface area contributed by atoms with E-state index < -0.39 is 0 Å². The van der Waals surface area contributed by atoms with E-state index in [1.165, 1.54) is 0 Å². The van der Waals surface area contributed by atoms with Crippen molar-refractivity contribution in [3.63, 3.8) is 0 Å². The van der Waals surface area contributed by atoms with Crippen molar-refractivity contribution in [1.82, 2.24) is 14.4 Å². The van der Waals surface area contributed by atoms with Crippen LogP contribution in [0.2, 0.25) is 5.02 Å². The Bertz CT molecular complexity index is 679. The first-order chi connectivity index (χ1) is 8.25. The van der Waals surface area contributed by atoms with Crippen molar-refractivity contribution in [2.75, 3.05) is 0 Å². The molecule has 3 aromatic heterocycles. The first-order valence-corrected chi connectivity index (χ1v) is 6.16. The number of pyridine rings is 2. The molecule has 3 aromatic rings. The van der Waals surface area contributed by atoms with Crippen molar-refractivity contribution in [3.05, 3.63) is 52.5 Å². The van der Waals surface area contributed by atoms with Gasteiger partial charge in [0.2, 0.25) is 0 Å². The Kier molecular flexibility index (Phi) is 2.61. The second-order valence-corrected chi connectivity index (χ2v) is 4.76. The molecule has 0 aliphatic heterocycles. The molecule has 3 nitrogen and oxygen atoms in total. The Morgan fingerprint density at radius 1 is 1.24 bits per heavy atom. The van der Waals surface area contributed by atoms with Gasteiger partial charge in [-0.3, -0.25) is 9.38 Å². The molecular formula is C12H7BrClN3. The summed E-state index contributed by atoms with van der Waals surface area (Å²) < 4.78 is 2.75. The van der Waals surface area contributed by atoms with Gasteiger partial charge in [-0.15, -0.1) is 0 Å². The minimum atomic E-state index is 0.674. The number of rotatable bonds is 1. The average Bonchev–Trinajstić information content (AvgIpc) is 2.67. The highest BCUT2D eigenvalue weighted by atomic mass is 79.9. The van der Waals surface area contributed by atoms with Crippen LogP contribution in [0.25, 0.3) is 16.9 Å². The van der Waals surface area contributed by atoms with Crippen LogP contribution in [0.15, 0.2) is 47.5 Å². The van der Waals surface area contributed by atoms with Gasteiger partial charge in [-0.1, -0.05) is 11.6 Å². The van der Waals surface area contributed by atoms with E-state index in [1.54, 1.807) is 12.4 Å². The maximum absolute atomic E-state index is 6.01. The van der Waals surface area contributed by atoms with E-state index in [2.05, 4.69) is 25.9 Å². The molecule has 0 aromatic carbocycles. The molecule has 3 heterocycles. The molecule has 0 unspecified atom stereocenters. The van der Waals surface area contributed by atoms with E-state index in [0.717, 1.165) is 21.5 Å². The van der Waals surface area contributed by atoms with Gasteiger partial charge in [0.05, 0.1) is 10.5 Å². The lowest BCUT2D eigenvalue weighted by atomic mass is 10.3. The van der Waals surface area contributed by atoms with E-state index in [1.807, 2.05) is 34.9 Å². The van der Waals surface area contributed by atoms with E-state index in [9.17, 15) is 0 Å². The van der Waals surface area contributed by atoms with Crippen LogP contribution in [0.3, 0.4) is 0 Å². The highest BCUT2D eigenvalue weighted by Crippen LogP contribution is 2.26. The third-order valence-corrected chi connectivity index (χ3v) is 3.28. The van der Waals surface area contributed by atoms with Crippen molar-refractivity contribution in [1.29, 1.82) is 0 Å². The molecule has 0 saturated heterocycles. The van der Waals surface area contributed by atoms with Crippen molar-refractivity contribution >= 4 is 33.0 Å². The van der Waals surface area contributed by atoms with Crippen LogP contribution >= 0.6 is 27.5 Å². The van der Waals surface area contributed by atoms with Crippen molar-refractivity contribution < 1.29 is 0 Å². The normalized spacial score (nSPS) is 10.9. The minimum Gasteiger partial charge on any atom is -0.297 e. The van der Waals surface area contributed by atoms with Gasteiger partial charge in [0, 0.05) is 24.2 Å². The zero-order valence-electron chi connectivity index (χ0n) is 8.64. The monoisotopic (exact) mass is 307 g/mol. The molecule has 0 spiro atoms. The summed E-state index contributed by atoms with van der Waals surface area (Å²) in [7, 11) is 0. The second-order valence-electron chi connectivity index (χ2n) is 3.57. The van der Waals surface area contributed by atoms with Gasteiger partial charge in [-0.2, -0.15) is 0 Å². The van der Waals surface area contributed by atoms with Gasteiger partial charge < -0.3 is 0 Å². The lowest BCUT2D eigenvalue weighted by molar-refractivity contribution is 1.15. The smallest absolute Gasteiger partial charge is 0.147 e. The van der Waals surface area contributed by atoms with E-state index in [-0.39, 0.29) is 0 Å². The molecule has 0 radical (unpaired) electrons. The SMILES string of the molecule is Clc1ccc2c(Br)nc(-c3cccnc3)n2c1. The van der Waals surface area contributed by atoms with Crippen LogP contribution in [0, 0.1) is 0 Å². The summed E-state index contributed by atoms with van der Waals surface area (Å²) in [4.78, 5) is 8.58. The van der Waals surface area contributed by atoms with Crippen molar-refractivity contribution in [3.8, 4) is 11.4 Å². The van der Waals surface area contributed by atoms with Crippen molar-refractivity contribution in [2.24, 2.45) is 0 Å². The first-order valence-electron chi connectivity index (χ1n) is 4.99. The number of imidazole rings is 1. The summed E-state index contributed by atoms with van der Waals surface area (Å²) in [5, 5.41) is 0.674. The van der Waals surface area contributed by atoms with E-state index in [0.29, 0.717) is 5.02 Å². The predicted molar refractivity (Wildman–Crippen MR) is 71.1 cm³/mol. The van der Waals surface area contributed by atoms with Crippen molar-refractivity contribution in [2.45, 2.75) is 0 Å². The van der Waals surface area contributed by atoms with Gasteiger partial charge in [-0.25, -0.2) is 4.98 Å². The van der Waals surface area contributed by atoms with Gasteiger partial charge in [0.15, 0.2) is 0 Å². The van der Waals surface area contributed by atoms with Crippen LogP contribution in [0.4, 0.5) is 0 Å². The molecule has 0 bridgehead atoms. The third-order valence-electron chi connectivity index (χ3n) is 2.48. The molecule has 0 saturated carbocycles. The Hall–Kier alpha value is -1.39. The number of nitrogens with zero attached hydrogens (tertiary/aromatic N) is 3. The molecule has 17 heavy (non-hydrogen) atoms. The maximum Gasteiger partial charge on any atom is 0.147 e. The van der Waals surface area contributed by atoms with Gasteiger partial charge in [0.1, 0.15) is 10.4 Å². The number of hydrogen-bond acceptors (Lipinski definition) is 2. The van der Waals surface area contributed by atoms with Gasteiger partial charge >= 0.3 is 0 Å². The van der Waals surface area contributed by atoms with Crippen LogP contribution in [-0.4, -0.2) is 14.4 Å². The Morgan fingerprint density at radius 2 is 2.12 bits per heavy atom. The Morgan fingerprint density at radius 3 is 2.88 bits per heavy atom. The number of aromatic nitrogens is 3. The van der Waals surface area contributed by atoms with Gasteiger partial charge in [-0.05, 0) is 40.2 Å². The summed E-state index contributed by atoms with van der Waals surface area (Å²) in [5.74, 6) is 0.822. The topological polar surface area (TPSA) is 30.2 Å². The molecule has 0 aliphatic carbocycles. The highest BCUT2D eigenvalue weighted by molar-refractivity contribution is 9.10. The molecule has 0 atom stereocenters. The summed E-state index contributed by atoms with van der Waals surface area (Å²) in [6.45, 7) is 0. The average molecular weight is 309 g/mol. The molecule has 0 fully saturated rings. The fourth-order valence-corrected chi connectivity index (χ4v) is 2.37. The van der Waals surface area contributed by atoms with E-state index in [4.69, 9.17) is 11.6 Å². The molecule has 0 amide bonds. The molecule has 0 aliphatic rings. The standard InChI is InChI=1S/C12H7BrClN3/c13-11-10-4-3-9(14)7-17(10)12(16-11)8-2-1-5-15-6-8/h1-7H. The molecule has 0 N–H and O–H groups in total. The van der Waals surface area contributed by atoms with Crippen LogP contribution < -0.4 is 0 Å². The molecule has 3 rings (SSSR count). The number of hydrogen-bond donors (Lipinski definition) is 0. The molecule has 5 heteroatoms. The Labute approximate surface area is 111 Å². The second kappa shape index (κ2) is 4.13. The largest absolute Gasteiger partial charge is 0.297 e. The number of halogens is 2. The lowest BCUT2D eigenvalue weighted by Crippen LogP contribution is -1.89. The fourth-order valence-electron chi connectivity index (χ4n) is 1.72. The lowest BCUT2D eigenvalue weighted by Gasteiger charge is -2.00. The Balaban J connectivity index is 2.34. The van der Waals surface area contributed by atoms with Crippen LogP contribution in [-0.2, 0) is 0 Å². The zero-order chi connectivity index (χ0) is 11.8. The zero-order valence-corrected chi connectivity index (χ0v) is 11.0. The first kappa shape index (κ1) is 10.7. The third kappa shape index (κ3) is 1.83. The maximum atomic E-state index is 6.01. The quantitative estimate of drug-likeness (QED) is 0.684. The van der Waals surface area contributed by atoms with Crippen LogP contribution in [0.1, 0.15) is 0 Å².